The van der Waals surface area contributed by atoms with Gasteiger partial charge in [0, 0.05) is 5.57 Å². The Morgan fingerprint density at radius 2 is 2.30 bits per heavy atom. The molecular formula is C14H14N4O2. The number of fused-ring (bicyclic) bond motifs is 1. The molecule has 0 radical (unpaired) electrons. The average molecular weight is 270 g/mol. The molecule has 6 heteroatoms. The highest BCUT2D eigenvalue weighted by Gasteiger charge is 2.05. The summed E-state index contributed by atoms with van der Waals surface area (Å²) in [4.78, 5) is 14.6. The van der Waals surface area contributed by atoms with Crippen LogP contribution in [0, 0.1) is 0 Å². The average Bonchev–Trinajstić information content (AvgIpc) is 2.86. The highest BCUT2D eigenvalue weighted by molar-refractivity contribution is 5.74. The molecule has 0 aliphatic rings. The minimum absolute atomic E-state index is 0.440. The number of carbonyl (C=O) groups excluding carboxylic acids is 1. The van der Waals surface area contributed by atoms with Crippen molar-refractivity contribution in [2.45, 2.75) is 0 Å². The lowest BCUT2D eigenvalue weighted by molar-refractivity contribution is -0.105. The van der Waals surface area contributed by atoms with Crippen LogP contribution in [0.2, 0.25) is 0 Å². The van der Waals surface area contributed by atoms with Gasteiger partial charge in [0.2, 0.25) is 6.41 Å². The number of methoxy groups -OCH3 is 1. The number of nitrogens with one attached hydrogen (secondary N) is 1. The number of hydrogen-bond acceptors (Lipinski definition) is 4. The fourth-order valence-corrected chi connectivity index (χ4v) is 1.64. The van der Waals surface area contributed by atoms with E-state index in [2.05, 4.69) is 28.6 Å². The lowest BCUT2D eigenvalue weighted by Crippen LogP contribution is -1.96. The lowest BCUT2D eigenvalue weighted by atomic mass is 10.1. The van der Waals surface area contributed by atoms with Gasteiger partial charge in [0.25, 0.3) is 0 Å². The van der Waals surface area contributed by atoms with Gasteiger partial charge in [0.05, 0.1) is 19.0 Å². The van der Waals surface area contributed by atoms with E-state index in [1.807, 2.05) is 6.07 Å². The van der Waals surface area contributed by atoms with E-state index in [9.17, 15) is 4.79 Å². The Morgan fingerprint density at radius 3 is 2.95 bits per heavy atom. The molecule has 2 rings (SSSR count). The van der Waals surface area contributed by atoms with Gasteiger partial charge >= 0.3 is 0 Å². The number of rotatable bonds is 6. The maximum atomic E-state index is 10.4. The first-order valence-electron chi connectivity index (χ1n) is 5.82. The van der Waals surface area contributed by atoms with E-state index >= 15 is 0 Å². The second kappa shape index (κ2) is 5.83. The molecule has 2 heterocycles. The first kappa shape index (κ1) is 13.5. The molecule has 6 nitrogen and oxygen atoms in total. The minimum Gasteiger partial charge on any atom is -0.497 e. The van der Waals surface area contributed by atoms with Crippen molar-refractivity contribution in [3.05, 3.63) is 55.1 Å². The molecule has 0 fully saturated rings. The van der Waals surface area contributed by atoms with Crippen LogP contribution in [0.1, 0.15) is 5.69 Å². The van der Waals surface area contributed by atoms with Gasteiger partial charge in [-0.3, -0.25) is 4.79 Å². The van der Waals surface area contributed by atoms with Crippen LogP contribution in [0.15, 0.2) is 49.4 Å². The van der Waals surface area contributed by atoms with E-state index in [1.54, 1.807) is 36.0 Å². The standard InChI is InChI=1S/C14H14N4O2/c1-4-11(7-10(2)20-3)12-5-6-14-16-13(15-9-19)8-18(14)17-12/h4-9H,1-2H2,3H3,(H,15,19)/b11-7+. The number of imidazole rings is 1. The Balaban J connectivity index is 2.44. The number of aromatic nitrogens is 3. The quantitative estimate of drug-likeness (QED) is 0.495. The molecule has 1 amide bonds. The van der Waals surface area contributed by atoms with Crippen molar-refractivity contribution in [3.63, 3.8) is 0 Å². The van der Waals surface area contributed by atoms with Crippen LogP contribution in [0.4, 0.5) is 5.82 Å². The van der Waals surface area contributed by atoms with Crippen LogP contribution in [-0.4, -0.2) is 28.1 Å². The van der Waals surface area contributed by atoms with Crippen molar-refractivity contribution in [2.24, 2.45) is 0 Å². The van der Waals surface area contributed by atoms with Crippen molar-refractivity contribution >= 4 is 23.4 Å². The van der Waals surface area contributed by atoms with Crippen LogP contribution in [0.25, 0.3) is 11.2 Å². The summed E-state index contributed by atoms with van der Waals surface area (Å²) in [6.07, 6.45) is 5.60. The third kappa shape index (κ3) is 2.74. The zero-order chi connectivity index (χ0) is 14.5. The molecule has 0 aromatic carbocycles. The van der Waals surface area contributed by atoms with E-state index in [1.165, 1.54) is 0 Å². The minimum atomic E-state index is 0.440. The summed E-state index contributed by atoms with van der Waals surface area (Å²) in [7, 11) is 1.55. The van der Waals surface area contributed by atoms with Crippen LogP contribution in [0.3, 0.4) is 0 Å². The number of ether oxygens (including phenoxy) is 1. The van der Waals surface area contributed by atoms with Gasteiger partial charge in [-0.05, 0) is 18.2 Å². The van der Waals surface area contributed by atoms with Crippen molar-refractivity contribution in [3.8, 4) is 0 Å². The highest BCUT2D eigenvalue weighted by atomic mass is 16.5. The summed E-state index contributed by atoms with van der Waals surface area (Å²) in [5.74, 6) is 0.950. The van der Waals surface area contributed by atoms with Crippen LogP contribution < -0.4 is 5.32 Å². The van der Waals surface area contributed by atoms with Gasteiger partial charge in [-0.2, -0.15) is 5.10 Å². The summed E-state index contributed by atoms with van der Waals surface area (Å²) in [5.41, 5.74) is 2.10. The third-order valence-electron chi connectivity index (χ3n) is 2.62. The van der Waals surface area contributed by atoms with Crippen molar-refractivity contribution in [1.29, 1.82) is 0 Å². The number of nitrogens with zero attached hydrogens (tertiary/aromatic N) is 3. The van der Waals surface area contributed by atoms with Gasteiger partial charge in [-0.25, -0.2) is 9.50 Å². The molecule has 0 saturated carbocycles. The maximum Gasteiger partial charge on any atom is 0.212 e. The molecule has 0 atom stereocenters. The Hall–Kier alpha value is -2.89. The molecule has 1 N–H and O–H groups in total. The summed E-state index contributed by atoms with van der Waals surface area (Å²) in [6, 6.07) is 3.61. The molecule has 0 aliphatic carbocycles. The van der Waals surface area contributed by atoms with Crippen LogP contribution in [-0.2, 0) is 9.53 Å². The number of hydrogen-bond donors (Lipinski definition) is 1. The Kier molecular flexibility index (Phi) is 3.95. The molecular weight excluding hydrogens is 256 g/mol. The Bertz CT molecular complexity index is 700. The number of carbonyl (C=O) groups is 1. The number of allylic oxidation sites excluding steroid dienone is 3. The smallest absolute Gasteiger partial charge is 0.212 e. The lowest BCUT2D eigenvalue weighted by Gasteiger charge is -2.03. The molecule has 0 saturated heterocycles. The van der Waals surface area contributed by atoms with Crippen molar-refractivity contribution < 1.29 is 9.53 Å². The predicted octanol–water partition coefficient (Wildman–Crippen LogP) is 2.03. The molecule has 0 bridgehead atoms. The first-order valence-corrected chi connectivity index (χ1v) is 5.82. The number of anilines is 1. The second-order valence-electron chi connectivity index (χ2n) is 3.88. The molecule has 102 valence electrons. The summed E-state index contributed by atoms with van der Waals surface area (Å²) < 4.78 is 6.59. The molecule has 0 spiro atoms. The Labute approximate surface area is 116 Å². The molecule has 2 aromatic rings. The van der Waals surface area contributed by atoms with Gasteiger partial charge in [-0.15, -0.1) is 0 Å². The van der Waals surface area contributed by atoms with Gasteiger partial charge in [0.1, 0.15) is 5.76 Å². The van der Waals surface area contributed by atoms with E-state index in [-0.39, 0.29) is 0 Å². The largest absolute Gasteiger partial charge is 0.497 e. The predicted molar refractivity (Wildman–Crippen MR) is 77.0 cm³/mol. The molecule has 0 aliphatic heterocycles. The van der Waals surface area contributed by atoms with Crippen LogP contribution in [0.5, 0.6) is 0 Å². The van der Waals surface area contributed by atoms with Gasteiger partial charge in [-0.1, -0.05) is 19.2 Å². The van der Waals surface area contributed by atoms with Gasteiger partial charge < -0.3 is 10.1 Å². The third-order valence-corrected chi connectivity index (χ3v) is 2.62. The van der Waals surface area contributed by atoms with Crippen molar-refractivity contribution in [2.75, 3.05) is 12.4 Å². The zero-order valence-electron chi connectivity index (χ0n) is 11.0. The Morgan fingerprint density at radius 1 is 1.50 bits per heavy atom. The molecule has 20 heavy (non-hydrogen) atoms. The van der Waals surface area contributed by atoms with E-state index in [0.29, 0.717) is 29.3 Å². The van der Waals surface area contributed by atoms with E-state index in [0.717, 1.165) is 5.57 Å². The van der Waals surface area contributed by atoms with Crippen LogP contribution >= 0.6 is 0 Å². The van der Waals surface area contributed by atoms with E-state index in [4.69, 9.17) is 4.74 Å². The maximum absolute atomic E-state index is 10.4. The molecule has 2 aromatic heterocycles. The highest BCUT2D eigenvalue weighted by Crippen LogP contribution is 2.17. The fourth-order valence-electron chi connectivity index (χ4n) is 1.64. The fraction of sp³-hybridized carbons (Fsp3) is 0.0714. The van der Waals surface area contributed by atoms with Gasteiger partial charge in [0.15, 0.2) is 11.5 Å². The normalized spacial score (nSPS) is 11.2. The molecule has 0 unspecified atom stereocenters. The SMILES string of the molecule is C=C/C(=C\C(=C)OC)c1ccc2nc(NC=O)cn2n1. The number of amides is 1. The summed E-state index contributed by atoms with van der Waals surface area (Å²) in [6.45, 7) is 7.49. The summed E-state index contributed by atoms with van der Waals surface area (Å²) >= 11 is 0. The summed E-state index contributed by atoms with van der Waals surface area (Å²) in [5, 5.41) is 6.88. The van der Waals surface area contributed by atoms with E-state index < -0.39 is 0 Å². The first-order chi connectivity index (χ1) is 9.67. The van der Waals surface area contributed by atoms with Crippen molar-refractivity contribution in [1.82, 2.24) is 14.6 Å². The second-order valence-corrected chi connectivity index (χ2v) is 3.88. The monoisotopic (exact) mass is 270 g/mol. The topological polar surface area (TPSA) is 68.5 Å². The zero-order valence-corrected chi connectivity index (χ0v) is 11.0.